The van der Waals surface area contributed by atoms with Crippen molar-refractivity contribution >= 4 is 34.8 Å². The Bertz CT molecular complexity index is 629. The first-order chi connectivity index (χ1) is 10.1. The highest BCUT2D eigenvalue weighted by molar-refractivity contribution is 6.31. The molecule has 0 radical (unpaired) electrons. The molecule has 0 saturated carbocycles. The molecule has 2 aromatic rings. The van der Waals surface area contributed by atoms with E-state index in [9.17, 15) is 4.79 Å². The zero-order valence-electron chi connectivity index (χ0n) is 11.2. The molecule has 0 saturated heterocycles. The number of halogens is 2. The standard InChI is InChI=1S/C15H13Cl2NO3/c1-20-14-7-4-11(17)8-13(14)18-15(19)9-21-12-5-2-10(16)3-6-12/h2-8H,9H2,1H3,(H,18,19). The van der Waals surface area contributed by atoms with E-state index >= 15 is 0 Å². The quantitative estimate of drug-likeness (QED) is 0.903. The maximum absolute atomic E-state index is 11.9. The van der Waals surface area contributed by atoms with Crippen molar-refractivity contribution < 1.29 is 14.3 Å². The maximum atomic E-state index is 11.9. The Morgan fingerprint density at radius 3 is 2.43 bits per heavy atom. The summed E-state index contributed by atoms with van der Waals surface area (Å²) >= 11 is 11.7. The molecule has 0 aromatic heterocycles. The van der Waals surface area contributed by atoms with Crippen LogP contribution in [0.4, 0.5) is 5.69 Å². The number of nitrogens with one attached hydrogen (secondary N) is 1. The molecule has 0 aliphatic carbocycles. The Hall–Kier alpha value is -1.91. The number of hydrogen-bond donors (Lipinski definition) is 1. The molecule has 0 aliphatic rings. The van der Waals surface area contributed by atoms with Crippen LogP contribution in [0.3, 0.4) is 0 Å². The van der Waals surface area contributed by atoms with Gasteiger partial charge in [-0.05, 0) is 42.5 Å². The summed E-state index contributed by atoms with van der Waals surface area (Å²) in [4.78, 5) is 11.9. The molecule has 0 fully saturated rings. The average Bonchev–Trinajstić information content (AvgIpc) is 2.47. The average molecular weight is 326 g/mol. The van der Waals surface area contributed by atoms with Gasteiger partial charge in [0.2, 0.25) is 0 Å². The Kier molecular flexibility index (Phi) is 5.31. The van der Waals surface area contributed by atoms with Crippen molar-refractivity contribution in [1.82, 2.24) is 0 Å². The summed E-state index contributed by atoms with van der Waals surface area (Å²) in [5.41, 5.74) is 0.495. The second kappa shape index (κ2) is 7.20. The van der Waals surface area contributed by atoms with Crippen molar-refractivity contribution in [2.24, 2.45) is 0 Å². The zero-order chi connectivity index (χ0) is 15.2. The molecule has 0 spiro atoms. The van der Waals surface area contributed by atoms with Gasteiger partial charge in [0, 0.05) is 10.0 Å². The summed E-state index contributed by atoms with van der Waals surface area (Å²) in [6, 6.07) is 11.7. The number of anilines is 1. The predicted molar refractivity (Wildman–Crippen MR) is 83.6 cm³/mol. The van der Waals surface area contributed by atoms with Gasteiger partial charge in [0.15, 0.2) is 6.61 Å². The van der Waals surface area contributed by atoms with Crippen LogP contribution in [0.25, 0.3) is 0 Å². The number of carbonyl (C=O) groups excluding carboxylic acids is 1. The molecule has 2 rings (SSSR count). The number of ether oxygens (including phenoxy) is 2. The third-order valence-electron chi connectivity index (χ3n) is 2.62. The van der Waals surface area contributed by atoms with E-state index in [1.165, 1.54) is 7.11 Å². The van der Waals surface area contributed by atoms with Crippen LogP contribution < -0.4 is 14.8 Å². The van der Waals surface area contributed by atoms with Gasteiger partial charge in [0.25, 0.3) is 5.91 Å². The summed E-state index contributed by atoms with van der Waals surface area (Å²) in [6.07, 6.45) is 0. The zero-order valence-corrected chi connectivity index (χ0v) is 12.7. The van der Waals surface area contributed by atoms with E-state index in [1.807, 2.05) is 0 Å². The van der Waals surface area contributed by atoms with Crippen molar-refractivity contribution in [3.05, 3.63) is 52.5 Å². The van der Waals surface area contributed by atoms with Crippen LogP contribution >= 0.6 is 23.2 Å². The number of carbonyl (C=O) groups is 1. The van der Waals surface area contributed by atoms with Gasteiger partial charge in [-0.25, -0.2) is 0 Å². The van der Waals surface area contributed by atoms with Gasteiger partial charge >= 0.3 is 0 Å². The first-order valence-corrected chi connectivity index (χ1v) is 6.86. The van der Waals surface area contributed by atoms with Crippen molar-refractivity contribution in [3.8, 4) is 11.5 Å². The first-order valence-electron chi connectivity index (χ1n) is 6.10. The predicted octanol–water partition coefficient (Wildman–Crippen LogP) is 4.02. The number of amides is 1. The lowest BCUT2D eigenvalue weighted by Gasteiger charge is -2.11. The molecule has 0 aliphatic heterocycles. The van der Waals surface area contributed by atoms with Gasteiger partial charge in [0.05, 0.1) is 12.8 Å². The Morgan fingerprint density at radius 2 is 1.76 bits per heavy atom. The van der Waals surface area contributed by atoms with Gasteiger partial charge in [-0.3, -0.25) is 4.79 Å². The highest BCUT2D eigenvalue weighted by atomic mass is 35.5. The van der Waals surface area contributed by atoms with Crippen LogP contribution in [0.15, 0.2) is 42.5 Å². The smallest absolute Gasteiger partial charge is 0.262 e. The van der Waals surface area contributed by atoms with Gasteiger partial charge in [-0.1, -0.05) is 23.2 Å². The van der Waals surface area contributed by atoms with E-state index < -0.39 is 0 Å². The van der Waals surface area contributed by atoms with E-state index in [1.54, 1.807) is 42.5 Å². The number of methoxy groups -OCH3 is 1. The molecule has 110 valence electrons. The molecule has 2 aromatic carbocycles. The second-order valence-corrected chi connectivity index (χ2v) is 5.01. The van der Waals surface area contributed by atoms with Crippen molar-refractivity contribution in [1.29, 1.82) is 0 Å². The van der Waals surface area contributed by atoms with Gasteiger partial charge in [-0.2, -0.15) is 0 Å². The highest BCUT2D eigenvalue weighted by Crippen LogP contribution is 2.27. The van der Waals surface area contributed by atoms with Crippen molar-refractivity contribution in [3.63, 3.8) is 0 Å². The lowest BCUT2D eigenvalue weighted by atomic mass is 10.3. The second-order valence-electron chi connectivity index (χ2n) is 4.14. The fourth-order valence-electron chi connectivity index (χ4n) is 1.64. The molecular formula is C15H13Cl2NO3. The largest absolute Gasteiger partial charge is 0.495 e. The number of rotatable bonds is 5. The Labute approximate surface area is 132 Å². The van der Waals surface area contributed by atoms with Crippen molar-refractivity contribution in [2.75, 3.05) is 19.0 Å². The molecule has 0 unspecified atom stereocenters. The summed E-state index contributed by atoms with van der Waals surface area (Å²) in [6.45, 7) is -0.128. The van der Waals surface area contributed by atoms with E-state index in [-0.39, 0.29) is 12.5 Å². The highest BCUT2D eigenvalue weighted by Gasteiger charge is 2.09. The van der Waals surface area contributed by atoms with Gasteiger partial charge in [0.1, 0.15) is 11.5 Å². The molecule has 0 heterocycles. The molecule has 0 atom stereocenters. The monoisotopic (exact) mass is 325 g/mol. The van der Waals surface area contributed by atoms with E-state index in [4.69, 9.17) is 32.7 Å². The van der Waals surface area contributed by atoms with Gasteiger partial charge in [-0.15, -0.1) is 0 Å². The molecule has 1 amide bonds. The fraction of sp³-hybridized carbons (Fsp3) is 0.133. The lowest BCUT2D eigenvalue weighted by Crippen LogP contribution is -2.20. The minimum atomic E-state index is -0.314. The molecule has 21 heavy (non-hydrogen) atoms. The minimum absolute atomic E-state index is 0.128. The van der Waals surface area contributed by atoms with Gasteiger partial charge < -0.3 is 14.8 Å². The van der Waals surface area contributed by atoms with Crippen LogP contribution in [-0.4, -0.2) is 19.6 Å². The van der Waals surface area contributed by atoms with Crippen LogP contribution in [0.1, 0.15) is 0 Å². The van der Waals surface area contributed by atoms with Crippen molar-refractivity contribution in [2.45, 2.75) is 0 Å². The Balaban J connectivity index is 1.95. The summed E-state index contributed by atoms with van der Waals surface area (Å²) < 4.78 is 10.5. The Morgan fingerprint density at radius 1 is 1.10 bits per heavy atom. The number of benzene rings is 2. The third kappa shape index (κ3) is 4.55. The molecule has 0 bridgehead atoms. The molecule has 1 N–H and O–H groups in total. The summed E-state index contributed by atoms with van der Waals surface area (Å²) in [7, 11) is 1.52. The minimum Gasteiger partial charge on any atom is -0.495 e. The lowest BCUT2D eigenvalue weighted by molar-refractivity contribution is -0.118. The number of hydrogen-bond acceptors (Lipinski definition) is 3. The topological polar surface area (TPSA) is 47.6 Å². The normalized spacial score (nSPS) is 10.0. The van der Waals surface area contributed by atoms with E-state index in [2.05, 4.69) is 5.32 Å². The molecular weight excluding hydrogens is 313 g/mol. The molecule has 4 nitrogen and oxygen atoms in total. The SMILES string of the molecule is COc1ccc(Cl)cc1NC(=O)COc1ccc(Cl)cc1. The summed E-state index contributed by atoms with van der Waals surface area (Å²) in [5, 5.41) is 3.80. The first kappa shape index (κ1) is 15.5. The molecule has 6 heteroatoms. The third-order valence-corrected chi connectivity index (χ3v) is 3.11. The van der Waals surface area contributed by atoms with Crippen LogP contribution in [0, 0.1) is 0 Å². The fourth-order valence-corrected chi connectivity index (χ4v) is 1.94. The summed E-state index contributed by atoms with van der Waals surface area (Å²) in [5.74, 6) is 0.775. The maximum Gasteiger partial charge on any atom is 0.262 e. The van der Waals surface area contributed by atoms with E-state index in [0.29, 0.717) is 27.2 Å². The van der Waals surface area contributed by atoms with Crippen LogP contribution in [-0.2, 0) is 4.79 Å². The van der Waals surface area contributed by atoms with E-state index in [0.717, 1.165) is 0 Å². The van der Waals surface area contributed by atoms with Crippen LogP contribution in [0.5, 0.6) is 11.5 Å². The van der Waals surface area contributed by atoms with Crippen LogP contribution in [0.2, 0.25) is 10.0 Å².